The van der Waals surface area contributed by atoms with E-state index < -0.39 is 0 Å². The summed E-state index contributed by atoms with van der Waals surface area (Å²) >= 11 is 0. The first-order chi connectivity index (χ1) is 14.9. The van der Waals surface area contributed by atoms with Crippen LogP contribution >= 0.6 is 0 Å². The van der Waals surface area contributed by atoms with Crippen molar-refractivity contribution < 1.29 is 9.50 Å². The predicted molar refractivity (Wildman–Crippen MR) is 122 cm³/mol. The number of aryl methyl sites for hydroxylation is 1. The molecule has 2 aliphatic carbocycles. The summed E-state index contributed by atoms with van der Waals surface area (Å²) in [6.45, 7) is 4.89. The molecule has 0 spiro atoms. The van der Waals surface area contributed by atoms with Crippen LogP contribution in [0.3, 0.4) is 0 Å². The molecule has 164 valence electrons. The van der Waals surface area contributed by atoms with Gasteiger partial charge < -0.3 is 15.7 Å². The maximum atomic E-state index is 13.6. The first kappa shape index (κ1) is 21.6. The van der Waals surface area contributed by atoms with Crippen LogP contribution < -0.4 is 10.6 Å². The SMILES string of the molecule is C#Cc1cnc(NCCC2CCc3ccc(F)cc32)nc1N[C@@H]1CC[C@H](O)C(C)(C)C1. The summed E-state index contributed by atoms with van der Waals surface area (Å²) in [4.78, 5) is 8.99. The molecular formula is C25H31FN4O. The van der Waals surface area contributed by atoms with Crippen molar-refractivity contribution in [2.24, 2.45) is 5.41 Å². The Morgan fingerprint density at radius 1 is 1.29 bits per heavy atom. The van der Waals surface area contributed by atoms with Crippen molar-refractivity contribution in [2.45, 2.75) is 70.4 Å². The predicted octanol–water partition coefficient (Wildman–Crippen LogP) is 4.48. The van der Waals surface area contributed by atoms with Gasteiger partial charge >= 0.3 is 0 Å². The number of fused-ring (bicyclic) bond motifs is 1. The van der Waals surface area contributed by atoms with E-state index in [9.17, 15) is 9.50 Å². The van der Waals surface area contributed by atoms with E-state index in [2.05, 4.69) is 40.4 Å². The molecular weight excluding hydrogens is 391 g/mol. The summed E-state index contributed by atoms with van der Waals surface area (Å²) in [7, 11) is 0. The average molecular weight is 423 g/mol. The number of aliphatic hydroxyl groups excluding tert-OH is 1. The van der Waals surface area contributed by atoms with Crippen LogP contribution in [0.1, 0.15) is 68.6 Å². The minimum absolute atomic E-state index is 0.141. The van der Waals surface area contributed by atoms with Crippen LogP contribution in [0.4, 0.5) is 16.2 Å². The van der Waals surface area contributed by atoms with Crippen molar-refractivity contribution >= 4 is 11.8 Å². The maximum Gasteiger partial charge on any atom is 0.224 e. The van der Waals surface area contributed by atoms with Crippen molar-refractivity contribution in [2.75, 3.05) is 17.2 Å². The van der Waals surface area contributed by atoms with E-state index in [-0.39, 0.29) is 23.4 Å². The van der Waals surface area contributed by atoms with Gasteiger partial charge in [0.25, 0.3) is 0 Å². The third kappa shape index (κ3) is 4.83. The van der Waals surface area contributed by atoms with Gasteiger partial charge in [0.1, 0.15) is 11.6 Å². The number of anilines is 2. The number of hydrogen-bond acceptors (Lipinski definition) is 5. The van der Waals surface area contributed by atoms with E-state index in [0.29, 0.717) is 29.8 Å². The number of hydrogen-bond donors (Lipinski definition) is 3. The van der Waals surface area contributed by atoms with Gasteiger partial charge in [-0.15, -0.1) is 6.42 Å². The van der Waals surface area contributed by atoms with Gasteiger partial charge in [-0.1, -0.05) is 25.8 Å². The first-order valence-electron chi connectivity index (χ1n) is 11.2. The Hall–Kier alpha value is -2.65. The number of benzene rings is 1. The second kappa shape index (κ2) is 8.84. The minimum Gasteiger partial charge on any atom is -0.393 e. The third-order valence-electron chi connectivity index (χ3n) is 6.83. The van der Waals surface area contributed by atoms with Crippen LogP contribution in [0, 0.1) is 23.6 Å². The van der Waals surface area contributed by atoms with Crippen LogP contribution in [0.5, 0.6) is 0 Å². The van der Waals surface area contributed by atoms with Crippen molar-refractivity contribution in [1.82, 2.24) is 9.97 Å². The van der Waals surface area contributed by atoms with Gasteiger partial charge in [0.2, 0.25) is 5.95 Å². The second-order valence-corrected chi connectivity index (χ2v) is 9.52. The highest BCUT2D eigenvalue weighted by atomic mass is 19.1. The molecule has 1 saturated carbocycles. The highest BCUT2D eigenvalue weighted by Crippen LogP contribution is 2.37. The lowest BCUT2D eigenvalue weighted by atomic mass is 9.73. The molecule has 6 heteroatoms. The summed E-state index contributed by atoms with van der Waals surface area (Å²) in [5, 5.41) is 17.0. The molecule has 1 unspecified atom stereocenters. The van der Waals surface area contributed by atoms with Gasteiger partial charge in [-0.2, -0.15) is 4.98 Å². The van der Waals surface area contributed by atoms with Gasteiger partial charge in [0, 0.05) is 12.6 Å². The lowest BCUT2D eigenvalue weighted by Crippen LogP contribution is -2.41. The molecule has 0 radical (unpaired) electrons. The molecule has 4 rings (SSSR count). The number of nitrogens with zero attached hydrogens (tertiary/aromatic N) is 2. The van der Waals surface area contributed by atoms with Crippen molar-refractivity contribution in [3.8, 4) is 12.3 Å². The van der Waals surface area contributed by atoms with Crippen LogP contribution in [-0.4, -0.2) is 33.8 Å². The number of terminal acetylenes is 1. The van der Waals surface area contributed by atoms with Crippen molar-refractivity contribution in [3.05, 3.63) is 46.9 Å². The Balaban J connectivity index is 1.38. The minimum atomic E-state index is -0.283. The molecule has 0 amide bonds. The Kier molecular flexibility index (Phi) is 6.15. The van der Waals surface area contributed by atoms with Crippen LogP contribution in [-0.2, 0) is 6.42 Å². The van der Waals surface area contributed by atoms with Gasteiger partial charge in [0.15, 0.2) is 0 Å². The second-order valence-electron chi connectivity index (χ2n) is 9.52. The van der Waals surface area contributed by atoms with E-state index in [1.807, 2.05) is 6.07 Å². The lowest BCUT2D eigenvalue weighted by Gasteiger charge is -2.40. The summed E-state index contributed by atoms with van der Waals surface area (Å²) in [5.41, 5.74) is 2.88. The fraction of sp³-hybridized carbons (Fsp3) is 0.520. The highest BCUT2D eigenvalue weighted by molar-refractivity contribution is 5.55. The fourth-order valence-corrected chi connectivity index (χ4v) is 4.94. The molecule has 2 aromatic rings. The normalized spacial score (nSPS) is 24.3. The molecule has 5 nitrogen and oxygen atoms in total. The number of rotatable bonds is 6. The Morgan fingerprint density at radius 3 is 2.90 bits per heavy atom. The summed E-state index contributed by atoms with van der Waals surface area (Å²) in [6.07, 6.45) is 12.5. The van der Waals surface area contributed by atoms with Gasteiger partial charge in [0.05, 0.1) is 17.9 Å². The van der Waals surface area contributed by atoms with E-state index in [0.717, 1.165) is 44.1 Å². The number of aliphatic hydroxyl groups is 1. The molecule has 1 heterocycles. The zero-order valence-corrected chi connectivity index (χ0v) is 18.3. The van der Waals surface area contributed by atoms with E-state index in [1.54, 1.807) is 18.3 Å². The molecule has 1 aromatic heterocycles. The average Bonchev–Trinajstić information content (AvgIpc) is 3.13. The standard InChI is InChI=1S/C25H31FN4O/c1-4-16-15-28-24(30-23(16)29-20-9-10-22(31)25(2,3)14-20)27-12-11-18-6-5-17-7-8-19(26)13-21(17)18/h1,7-8,13,15,18,20,22,31H,5-6,9-12,14H2,2-3H3,(H2,27,28,29,30)/t18?,20-,22+/m1/s1. The number of halogens is 1. The molecule has 0 saturated heterocycles. The molecule has 2 aliphatic rings. The van der Waals surface area contributed by atoms with Crippen molar-refractivity contribution in [3.63, 3.8) is 0 Å². The topological polar surface area (TPSA) is 70.1 Å². The Bertz CT molecular complexity index is 984. The number of aromatic nitrogens is 2. The van der Waals surface area contributed by atoms with Gasteiger partial charge in [-0.25, -0.2) is 9.37 Å². The fourth-order valence-electron chi connectivity index (χ4n) is 4.94. The number of nitrogens with one attached hydrogen (secondary N) is 2. The largest absolute Gasteiger partial charge is 0.393 e. The Labute approximate surface area is 183 Å². The lowest BCUT2D eigenvalue weighted by molar-refractivity contribution is 0.00926. The summed E-state index contributed by atoms with van der Waals surface area (Å²) in [5.74, 6) is 4.05. The summed E-state index contributed by atoms with van der Waals surface area (Å²) < 4.78 is 13.6. The molecule has 1 fully saturated rings. The quantitative estimate of drug-likeness (QED) is 0.599. The van der Waals surface area contributed by atoms with Crippen LogP contribution in [0.15, 0.2) is 24.4 Å². The van der Waals surface area contributed by atoms with Crippen LogP contribution in [0.25, 0.3) is 0 Å². The smallest absolute Gasteiger partial charge is 0.224 e. The summed E-state index contributed by atoms with van der Waals surface area (Å²) in [6, 6.07) is 5.33. The highest BCUT2D eigenvalue weighted by Gasteiger charge is 2.35. The monoisotopic (exact) mass is 422 g/mol. The third-order valence-corrected chi connectivity index (χ3v) is 6.83. The molecule has 0 bridgehead atoms. The molecule has 0 aliphatic heterocycles. The molecule has 3 N–H and O–H groups in total. The maximum absolute atomic E-state index is 13.6. The Morgan fingerprint density at radius 2 is 2.13 bits per heavy atom. The molecule has 1 aromatic carbocycles. The molecule has 3 atom stereocenters. The van der Waals surface area contributed by atoms with Crippen molar-refractivity contribution in [1.29, 1.82) is 0 Å². The zero-order valence-electron chi connectivity index (χ0n) is 18.3. The van der Waals surface area contributed by atoms with Crippen LogP contribution in [0.2, 0.25) is 0 Å². The van der Waals surface area contributed by atoms with Gasteiger partial charge in [-0.3, -0.25) is 0 Å². The van der Waals surface area contributed by atoms with E-state index >= 15 is 0 Å². The van der Waals surface area contributed by atoms with Gasteiger partial charge in [-0.05, 0) is 73.1 Å². The molecule has 31 heavy (non-hydrogen) atoms. The first-order valence-corrected chi connectivity index (χ1v) is 11.2. The zero-order chi connectivity index (χ0) is 22.0. The van der Waals surface area contributed by atoms with E-state index in [4.69, 9.17) is 6.42 Å². The van der Waals surface area contributed by atoms with E-state index in [1.165, 1.54) is 5.56 Å².